The van der Waals surface area contributed by atoms with Crippen LogP contribution < -0.4 is 0 Å². The molecule has 0 aliphatic heterocycles. The lowest BCUT2D eigenvalue weighted by molar-refractivity contribution is -0.137. The fraction of sp³-hybridized carbons (Fsp3) is 0.182. The van der Waals surface area contributed by atoms with Gasteiger partial charge in [0.2, 0.25) is 0 Å². The zero-order valence-electron chi connectivity index (χ0n) is 9.02. The van der Waals surface area contributed by atoms with Gasteiger partial charge in [0.05, 0.1) is 5.56 Å². The Morgan fingerprint density at radius 1 is 1.28 bits per heavy atom. The van der Waals surface area contributed by atoms with E-state index in [1.165, 1.54) is 18.2 Å². The lowest BCUT2D eigenvalue weighted by Crippen LogP contribution is -2.09. The Morgan fingerprint density at radius 2 is 2.00 bits per heavy atom. The van der Waals surface area contributed by atoms with Gasteiger partial charge in [0, 0.05) is 5.56 Å². The van der Waals surface area contributed by atoms with Gasteiger partial charge in [-0.2, -0.15) is 13.2 Å². The van der Waals surface area contributed by atoms with Crippen molar-refractivity contribution < 1.29 is 13.2 Å². The number of tetrazole rings is 1. The fourth-order valence-electron chi connectivity index (χ4n) is 1.52. The molecule has 2 aromatic rings. The summed E-state index contributed by atoms with van der Waals surface area (Å²) in [5, 5.41) is 10.5. The summed E-state index contributed by atoms with van der Waals surface area (Å²) in [6.45, 7) is 0.00846. The number of alkyl halides is 3. The first-order chi connectivity index (χ1) is 8.54. The average molecular weight is 252 g/mol. The highest BCUT2D eigenvalue weighted by atomic mass is 19.4. The fourth-order valence-corrected chi connectivity index (χ4v) is 1.52. The van der Waals surface area contributed by atoms with Gasteiger partial charge in [0.1, 0.15) is 6.54 Å². The first-order valence-electron chi connectivity index (χ1n) is 4.90. The van der Waals surface area contributed by atoms with Gasteiger partial charge in [0.15, 0.2) is 5.82 Å². The maximum atomic E-state index is 12.8. The zero-order valence-corrected chi connectivity index (χ0v) is 9.02. The van der Waals surface area contributed by atoms with Crippen LogP contribution in [0.3, 0.4) is 0 Å². The molecular formula is C11H7F3N4. The van der Waals surface area contributed by atoms with Crippen LogP contribution in [0.2, 0.25) is 0 Å². The highest BCUT2D eigenvalue weighted by molar-refractivity contribution is 5.60. The maximum absolute atomic E-state index is 12.8. The number of hydrogen-bond acceptors (Lipinski definition) is 3. The quantitative estimate of drug-likeness (QED) is 0.768. The maximum Gasteiger partial charge on any atom is 0.417 e. The first-order valence-corrected chi connectivity index (χ1v) is 4.90. The van der Waals surface area contributed by atoms with Gasteiger partial charge in [-0.05, 0) is 16.5 Å². The molecule has 0 fully saturated rings. The van der Waals surface area contributed by atoms with Crippen molar-refractivity contribution in [2.45, 2.75) is 12.7 Å². The summed E-state index contributed by atoms with van der Waals surface area (Å²) in [4.78, 5) is 0. The van der Waals surface area contributed by atoms with Crippen molar-refractivity contribution in [2.75, 3.05) is 0 Å². The summed E-state index contributed by atoms with van der Waals surface area (Å²) in [5.41, 5.74) is -0.886. The number of terminal acetylenes is 1. The third-order valence-corrected chi connectivity index (χ3v) is 2.25. The standard InChI is InChI=1S/C11H7F3N4/c1-2-7-18-10(15-16-17-18)8-5-3-4-6-9(8)11(12,13)14/h1,3-6H,7H2. The molecule has 92 valence electrons. The molecule has 2 rings (SSSR count). The van der Waals surface area contributed by atoms with Crippen molar-refractivity contribution >= 4 is 0 Å². The monoisotopic (exact) mass is 252 g/mol. The van der Waals surface area contributed by atoms with E-state index in [4.69, 9.17) is 6.42 Å². The molecule has 0 unspecified atom stereocenters. The molecule has 0 saturated heterocycles. The van der Waals surface area contributed by atoms with Gasteiger partial charge in [0.25, 0.3) is 0 Å². The van der Waals surface area contributed by atoms with Gasteiger partial charge in [-0.25, -0.2) is 4.68 Å². The van der Waals surface area contributed by atoms with E-state index < -0.39 is 11.7 Å². The number of rotatable bonds is 2. The molecule has 0 radical (unpaired) electrons. The first kappa shape index (κ1) is 12.1. The Kier molecular flexibility index (Phi) is 3.02. The highest BCUT2D eigenvalue weighted by Crippen LogP contribution is 2.35. The predicted molar refractivity (Wildman–Crippen MR) is 57.1 cm³/mol. The molecule has 18 heavy (non-hydrogen) atoms. The van der Waals surface area contributed by atoms with Crippen molar-refractivity contribution in [3.63, 3.8) is 0 Å². The molecule has 1 heterocycles. The summed E-state index contributed by atoms with van der Waals surface area (Å²) < 4.78 is 39.7. The van der Waals surface area contributed by atoms with Gasteiger partial charge in [-0.3, -0.25) is 0 Å². The van der Waals surface area contributed by atoms with Crippen molar-refractivity contribution in [2.24, 2.45) is 0 Å². The van der Waals surface area contributed by atoms with E-state index in [0.717, 1.165) is 10.7 Å². The Hall–Kier alpha value is -2.36. The van der Waals surface area contributed by atoms with Crippen LogP contribution in [-0.2, 0) is 12.7 Å². The predicted octanol–water partition coefficient (Wildman–Crippen LogP) is 1.99. The number of halogens is 3. The lowest BCUT2D eigenvalue weighted by atomic mass is 10.1. The van der Waals surface area contributed by atoms with Gasteiger partial charge in [-0.1, -0.05) is 24.1 Å². The second kappa shape index (κ2) is 4.49. The summed E-state index contributed by atoms with van der Waals surface area (Å²) >= 11 is 0. The van der Waals surface area contributed by atoms with E-state index >= 15 is 0 Å². The Bertz CT molecular complexity index is 595. The molecule has 0 bridgehead atoms. The van der Waals surface area contributed by atoms with E-state index in [2.05, 4.69) is 21.4 Å². The molecule has 1 aromatic carbocycles. The van der Waals surface area contributed by atoms with Gasteiger partial charge < -0.3 is 0 Å². The molecule has 0 amide bonds. The normalized spacial score (nSPS) is 11.2. The molecule has 0 saturated carbocycles. The van der Waals surface area contributed by atoms with E-state index in [1.54, 1.807) is 0 Å². The van der Waals surface area contributed by atoms with Crippen LogP contribution in [0, 0.1) is 12.3 Å². The van der Waals surface area contributed by atoms with Crippen molar-refractivity contribution in [1.29, 1.82) is 0 Å². The number of benzene rings is 1. The van der Waals surface area contributed by atoms with Gasteiger partial charge >= 0.3 is 6.18 Å². The Balaban J connectivity index is 2.58. The Labute approximate surface area is 100 Å². The lowest BCUT2D eigenvalue weighted by Gasteiger charge is -2.11. The van der Waals surface area contributed by atoms with E-state index in [0.29, 0.717) is 0 Å². The van der Waals surface area contributed by atoms with Crippen LogP contribution >= 0.6 is 0 Å². The SMILES string of the molecule is C#CCn1nnnc1-c1ccccc1C(F)(F)F. The Morgan fingerprint density at radius 3 is 2.67 bits per heavy atom. The molecule has 7 heteroatoms. The topological polar surface area (TPSA) is 43.6 Å². The summed E-state index contributed by atoms with van der Waals surface area (Å²) in [7, 11) is 0. The van der Waals surface area contributed by atoms with Crippen molar-refractivity contribution in [1.82, 2.24) is 20.2 Å². The van der Waals surface area contributed by atoms with Crippen LogP contribution in [-0.4, -0.2) is 20.2 Å². The van der Waals surface area contributed by atoms with Crippen molar-refractivity contribution in [3.8, 4) is 23.7 Å². The second-order valence-electron chi connectivity index (χ2n) is 3.41. The van der Waals surface area contributed by atoms with Crippen LogP contribution in [0.15, 0.2) is 24.3 Å². The van der Waals surface area contributed by atoms with Crippen molar-refractivity contribution in [3.05, 3.63) is 29.8 Å². The minimum atomic E-state index is -4.47. The molecular weight excluding hydrogens is 245 g/mol. The van der Waals surface area contributed by atoms with Crippen LogP contribution in [0.1, 0.15) is 5.56 Å². The number of hydrogen-bond donors (Lipinski definition) is 0. The number of aromatic nitrogens is 4. The van der Waals surface area contributed by atoms with Crippen LogP contribution in [0.4, 0.5) is 13.2 Å². The van der Waals surface area contributed by atoms with Crippen LogP contribution in [0.5, 0.6) is 0 Å². The van der Waals surface area contributed by atoms with E-state index in [1.807, 2.05) is 0 Å². The smallest absolute Gasteiger partial charge is 0.213 e. The zero-order chi connectivity index (χ0) is 13.2. The summed E-state index contributed by atoms with van der Waals surface area (Å²) in [5.74, 6) is 2.28. The third-order valence-electron chi connectivity index (χ3n) is 2.25. The molecule has 0 N–H and O–H groups in total. The highest BCUT2D eigenvalue weighted by Gasteiger charge is 2.34. The van der Waals surface area contributed by atoms with Crippen LogP contribution in [0.25, 0.3) is 11.4 Å². The minimum Gasteiger partial charge on any atom is -0.213 e. The second-order valence-corrected chi connectivity index (χ2v) is 3.41. The van der Waals surface area contributed by atoms with E-state index in [-0.39, 0.29) is 17.9 Å². The third kappa shape index (κ3) is 2.18. The molecule has 0 aliphatic carbocycles. The molecule has 0 aliphatic rings. The molecule has 4 nitrogen and oxygen atoms in total. The molecule has 1 aromatic heterocycles. The number of nitrogens with zero attached hydrogens (tertiary/aromatic N) is 4. The summed E-state index contributed by atoms with van der Waals surface area (Å²) in [6.07, 6.45) is 0.633. The molecule has 0 spiro atoms. The van der Waals surface area contributed by atoms with Gasteiger partial charge in [-0.15, -0.1) is 11.5 Å². The minimum absolute atomic E-state index is 0.000810. The summed E-state index contributed by atoms with van der Waals surface area (Å²) in [6, 6.07) is 5.08. The molecule has 0 atom stereocenters. The largest absolute Gasteiger partial charge is 0.417 e. The van der Waals surface area contributed by atoms with E-state index in [9.17, 15) is 13.2 Å². The average Bonchev–Trinajstić information content (AvgIpc) is 2.77.